The van der Waals surface area contributed by atoms with Gasteiger partial charge in [0.25, 0.3) is 0 Å². The van der Waals surface area contributed by atoms with Crippen molar-refractivity contribution < 1.29 is 10.2 Å². The van der Waals surface area contributed by atoms with Crippen LogP contribution >= 0.6 is 39.3 Å². The fourth-order valence-corrected chi connectivity index (χ4v) is 7.61. The number of pyridine rings is 1. The molecule has 1 aromatic carbocycles. The maximum absolute atomic E-state index is 11.2. The highest BCUT2D eigenvalue weighted by molar-refractivity contribution is 9.10. The Morgan fingerprint density at radius 2 is 2.03 bits per heavy atom. The lowest BCUT2D eigenvalue weighted by molar-refractivity contribution is -0.0204. The van der Waals surface area contributed by atoms with Crippen LogP contribution in [0.25, 0.3) is 21.9 Å². The summed E-state index contributed by atoms with van der Waals surface area (Å²) in [6.07, 6.45) is 3.05. The van der Waals surface area contributed by atoms with E-state index < -0.39 is 12.2 Å². The van der Waals surface area contributed by atoms with Gasteiger partial charge in [0, 0.05) is 28.0 Å². The third kappa shape index (κ3) is 3.36. The van der Waals surface area contributed by atoms with Gasteiger partial charge in [-0.05, 0) is 52.5 Å². The van der Waals surface area contributed by atoms with Crippen molar-refractivity contribution in [2.24, 2.45) is 5.41 Å². The maximum Gasteiger partial charge on any atom is 0.145 e. The Balaban J connectivity index is 1.30. The molecule has 1 spiro atoms. The van der Waals surface area contributed by atoms with Gasteiger partial charge in [-0.15, -0.1) is 0 Å². The fourth-order valence-electron chi connectivity index (χ4n) is 5.40. The fraction of sp³-hybridized carbons (Fsp3) is 0.348. The van der Waals surface area contributed by atoms with Crippen molar-refractivity contribution in [3.05, 3.63) is 58.0 Å². The molecule has 0 bridgehead atoms. The molecule has 1 saturated heterocycles. The molecule has 2 aliphatic rings. The Bertz CT molecular complexity index is 1400. The number of nitrogen functional groups attached to an aromatic ring is 1. The third-order valence-corrected chi connectivity index (χ3v) is 9.85. The van der Waals surface area contributed by atoms with Gasteiger partial charge in [0.15, 0.2) is 0 Å². The Hall–Kier alpha value is -1.91. The molecule has 10 heteroatoms. The highest BCUT2D eigenvalue weighted by atomic mass is 79.9. The van der Waals surface area contributed by atoms with E-state index in [1.165, 1.54) is 6.33 Å². The molecule has 170 valence electrons. The van der Waals surface area contributed by atoms with E-state index >= 15 is 0 Å². The van der Waals surface area contributed by atoms with E-state index in [2.05, 4.69) is 49.1 Å². The molecule has 3 aromatic heterocycles. The lowest BCUT2D eigenvalue weighted by atomic mass is 9.80. The second-order valence-corrected chi connectivity index (χ2v) is 11.4. The summed E-state index contributed by atoms with van der Waals surface area (Å²) in [7, 11) is 0. The first-order valence-electron chi connectivity index (χ1n) is 10.7. The number of aliphatic hydroxyl groups is 2. The lowest BCUT2D eigenvalue weighted by Gasteiger charge is -2.27. The van der Waals surface area contributed by atoms with Gasteiger partial charge in [-0.25, -0.2) is 15.0 Å². The summed E-state index contributed by atoms with van der Waals surface area (Å²) in [6, 6.07) is 9.82. The van der Waals surface area contributed by atoms with Gasteiger partial charge in [-0.2, -0.15) is 11.8 Å². The van der Waals surface area contributed by atoms with Crippen LogP contribution in [-0.4, -0.2) is 47.7 Å². The summed E-state index contributed by atoms with van der Waals surface area (Å²) in [5.41, 5.74) is 8.30. The number of benzene rings is 1. The summed E-state index contributed by atoms with van der Waals surface area (Å²) < 4.78 is 2.71. The van der Waals surface area contributed by atoms with E-state index in [0.717, 1.165) is 38.5 Å². The van der Waals surface area contributed by atoms with Gasteiger partial charge in [-0.3, -0.25) is 0 Å². The number of fused-ring (bicyclic) bond motifs is 2. The van der Waals surface area contributed by atoms with E-state index in [-0.39, 0.29) is 16.7 Å². The largest absolute Gasteiger partial charge is 0.390 e. The zero-order chi connectivity index (χ0) is 22.9. The minimum absolute atomic E-state index is 0.207. The van der Waals surface area contributed by atoms with Gasteiger partial charge in [0.05, 0.1) is 27.5 Å². The zero-order valence-corrected chi connectivity index (χ0v) is 20.6. The molecular formula is C23H21BrClN5O2S. The second-order valence-electron chi connectivity index (χ2n) is 9.01. The highest BCUT2D eigenvalue weighted by Crippen LogP contribution is 2.59. The molecule has 1 aliphatic heterocycles. The van der Waals surface area contributed by atoms with Crippen molar-refractivity contribution in [2.45, 2.75) is 36.3 Å². The molecule has 6 rings (SSSR count). The van der Waals surface area contributed by atoms with Gasteiger partial charge in [0.2, 0.25) is 0 Å². The quantitative estimate of drug-likeness (QED) is 0.317. The first kappa shape index (κ1) is 21.6. The molecular weight excluding hydrogens is 526 g/mol. The van der Waals surface area contributed by atoms with E-state index in [4.69, 9.17) is 17.3 Å². The van der Waals surface area contributed by atoms with E-state index in [1.807, 2.05) is 34.7 Å². The molecule has 5 atom stereocenters. The van der Waals surface area contributed by atoms with Crippen LogP contribution in [0, 0.1) is 5.41 Å². The Morgan fingerprint density at radius 1 is 1.18 bits per heavy atom. The van der Waals surface area contributed by atoms with Gasteiger partial charge < -0.3 is 20.5 Å². The summed E-state index contributed by atoms with van der Waals surface area (Å²) in [5, 5.41) is 24.7. The molecule has 0 radical (unpaired) electrons. The number of anilines is 1. The Kier molecular flexibility index (Phi) is 5.12. The van der Waals surface area contributed by atoms with Crippen LogP contribution in [0.5, 0.6) is 0 Å². The molecule has 0 amide bonds. The summed E-state index contributed by atoms with van der Waals surface area (Å²) in [6.45, 7) is 0. The number of nitrogens with zero attached hydrogens (tertiary/aromatic N) is 4. The number of nitrogens with two attached hydrogens (primary N) is 1. The Morgan fingerprint density at radius 3 is 2.88 bits per heavy atom. The average molecular weight is 547 g/mol. The number of thioether (sulfide) groups is 1. The molecule has 4 heterocycles. The van der Waals surface area contributed by atoms with Crippen LogP contribution in [0.1, 0.15) is 29.7 Å². The summed E-state index contributed by atoms with van der Waals surface area (Å²) in [5.74, 6) is 1.19. The van der Waals surface area contributed by atoms with Crippen LogP contribution in [0.3, 0.4) is 0 Å². The van der Waals surface area contributed by atoms with Crippen molar-refractivity contribution in [3.63, 3.8) is 0 Å². The predicted molar refractivity (Wildman–Crippen MR) is 134 cm³/mol. The van der Waals surface area contributed by atoms with E-state index in [9.17, 15) is 10.2 Å². The van der Waals surface area contributed by atoms with Gasteiger partial charge >= 0.3 is 0 Å². The molecule has 2 fully saturated rings. The number of aliphatic hydroxyl groups excluding tert-OH is 2. The first-order valence-corrected chi connectivity index (χ1v) is 12.9. The number of hydrogen-bond donors (Lipinski definition) is 3. The lowest BCUT2D eigenvalue weighted by Crippen LogP contribution is -2.36. The molecule has 33 heavy (non-hydrogen) atoms. The predicted octanol–water partition coefficient (Wildman–Crippen LogP) is 4.51. The number of hydrogen-bond acceptors (Lipinski definition) is 7. The SMILES string of the molecule is Nc1ncnc2c1ccn2C1CC2(CSC(c3ccc4cc(Br)c(Cl)nc4c3)C2)C(O)C1O. The Labute approximate surface area is 207 Å². The van der Waals surface area contributed by atoms with Gasteiger partial charge in [0.1, 0.15) is 29.0 Å². The highest BCUT2D eigenvalue weighted by Gasteiger charge is 2.56. The molecule has 4 aromatic rings. The second kappa shape index (κ2) is 7.81. The van der Waals surface area contributed by atoms with Crippen LogP contribution in [-0.2, 0) is 0 Å². The number of aromatic nitrogens is 4. The molecule has 1 aliphatic carbocycles. The van der Waals surface area contributed by atoms with Crippen LogP contribution in [0.4, 0.5) is 5.82 Å². The third-order valence-electron chi connectivity index (χ3n) is 7.15. The minimum Gasteiger partial charge on any atom is -0.390 e. The van der Waals surface area contributed by atoms with Crippen molar-refractivity contribution in [2.75, 3.05) is 11.5 Å². The maximum atomic E-state index is 11.2. The number of rotatable bonds is 2. The monoisotopic (exact) mass is 545 g/mol. The van der Waals surface area contributed by atoms with Gasteiger partial charge in [-0.1, -0.05) is 23.7 Å². The smallest absolute Gasteiger partial charge is 0.145 e. The zero-order valence-electron chi connectivity index (χ0n) is 17.4. The minimum atomic E-state index is -0.884. The van der Waals surface area contributed by atoms with Crippen LogP contribution < -0.4 is 5.73 Å². The standard InChI is InChI=1S/C23H21BrClN5O2S/c24-14-5-11-1-2-12(6-15(11)29-20(14)25)17-8-23(9-33-17)7-16(18(31)19(23)32)30-4-3-13-21(26)27-10-28-22(13)30/h1-6,10,16-19,31-32H,7-9H2,(H2,26,27,28). The van der Waals surface area contributed by atoms with Crippen molar-refractivity contribution in [1.29, 1.82) is 0 Å². The topological polar surface area (TPSA) is 110 Å². The molecule has 4 N–H and O–H groups in total. The van der Waals surface area contributed by atoms with Crippen LogP contribution in [0.15, 0.2) is 47.3 Å². The molecule has 5 unspecified atom stereocenters. The molecule has 1 saturated carbocycles. The van der Waals surface area contributed by atoms with Crippen LogP contribution in [0.2, 0.25) is 5.15 Å². The average Bonchev–Trinajstić information content (AvgIpc) is 3.48. The van der Waals surface area contributed by atoms with Crippen molar-refractivity contribution >= 4 is 67.0 Å². The van der Waals surface area contributed by atoms with E-state index in [1.54, 1.807) is 0 Å². The van der Waals surface area contributed by atoms with Crippen molar-refractivity contribution in [1.82, 2.24) is 19.5 Å². The summed E-state index contributed by atoms with van der Waals surface area (Å²) in [4.78, 5) is 12.9. The normalized spacial score (nSPS) is 29.6. The van der Waals surface area contributed by atoms with Crippen molar-refractivity contribution in [3.8, 4) is 0 Å². The summed E-state index contributed by atoms with van der Waals surface area (Å²) >= 11 is 11.5. The van der Waals surface area contributed by atoms with E-state index in [0.29, 0.717) is 23.0 Å². The molecule has 7 nitrogen and oxygen atoms in total. The first-order chi connectivity index (χ1) is 15.9. The number of halogens is 2.